The highest BCUT2D eigenvalue weighted by Crippen LogP contribution is 2.27. The van der Waals surface area contributed by atoms with Crippen molar-refractivity contribution >= 4 is 35.0 Å². The molecule has 0 aliphatic carbocycles. The minimum Gasteiger partial charge on any atom is -0.352 e. The van der Waals surface area contributed by atoms with Crippen molar-refractivity contribution < 1.29 is 9.59 Å². The normalized spacial score (nSPS) is 11.8. The number of hydrogen-bond acceptors (Lipinski definition) is 2. The van der Waals surface area contributed by atoms with Gasteiger partial charge in [0.15, 0.2) is 0 Å². The summed E-state index contributed by atoms with van der Waals surface area (Å²) in [6.45, 7) is 3.93. The highest BCUT2D eigenvalue weighted by atomic mass is 35.5. The molecule has 0 aromatic heterocycles. The number of hydrogen-bond donors (Lipinski definition) is 1. The Morgan fingerprint density at radius 2 is 1.36 bits per heavy atom. The molecule has 1 atom stereocenters. The van der Waals surface area contributed by atoms with Gasteiger partial charge in [0.05, 0.1) is 6.42 Å². The van der Waals surface area contributed by atoms with Crippen molar-refractivity contribution in [3.05, 3.63) is 106 Å². The van der Waals surface area contributed by atoms with Crippen LogP contribution in [0.15, 0.2) is 78.9 Å². The number of amides is 2. The summed E-state index contributed by atoms with van der Waals surface area (Å²) >= 11 is 12.9. The van der Waals surface area contributed by atoms with E-state index >= 15 is 0 Å². The van der Waals surface area contributed by atoms with Crippen LogP contribution in [0.2, 0.25) is 10.0 Å². The van der Waals surface area contributed by atoms with Crippen LogP contribution in [0, 0.1) is 0 Å². The fourth-order valence-corrected chi connectivity index (χ4v) is 4.18. The molecule has 1 N–H and O–H groups in total. The third-order valence-corrected chi connectivity index (χ3v) is 6.00. The van der Waals surface area contributed by atoms with E-state index in [-0.39, 0.29) is 30.8 Å². The first-order valence-corrected chi connectivity index (χ1v) is 11.7. The zero-order valence-electron chi connectivity index (χ0n) is 18.8. The quantitative estimate of drug-likeness (QED) is 0.425. The number of nitrogens with one attached hydrogen (secondary N) is 1. The lowest BCUT2D eigenvalue weighted by Crippen LogP contribution is -2.52. The Hall–Kier alpha value is -2.82. The van der Waals surface area contributed by atoms with E-state index in [1.807, 2.05) is 74.5 Å². The summed E-state index contributed by atoms with van der Waals surface area (Å²) in [5.74, 6) is -0.379. The van der Waals surface area contributed by atoms with Crippen LogP contribution in [0.4, 0.5) is 0 Å². The molecule has 6 heteroatoms. The smallest absolute Gasteiger partial charge is 0.243 e. The molecular formula is C27H28Cl2N2O2. The van der Waals surface area contributed by atoms with E-state index in [0.29, 0.717) is 22.0 Å². The second-order valence-electron chi connectivity index (χ2n) is 8.25. The Kier molecular flexibility index (Phi) is 8.93. The van der Waals surface area contributed by atoms with Gasteiger partial charge in [0.2, 0.25) is 11.8 Å². The van der Waals surface area contributed by atoms with Crippen LogP contribution < -0.4 is 5.32 Å². The predicted octanol–water partition coefficient (Wildman–Crippen LogP) is 5.70. The van der Waals surface area contributed by atoms with E-state index in [0.717, 1.165) is 11.1 Å². The molecule has 0 bridgehead atoms. The molecule has 0 spiro atoms. The van der Waals surface area contributed by atoms with Gasteiger partial charge in [-0.25, -0.2) is 0 Å². The molecule has 3 rings (SSSR count). The molecule has 0 heterocycles. The molecule has 0 aliphatic heterocycles. The third kappa shape index (κ3) is 7.08. The van der Waals surface area contributed by atoms with Crippen molar-refractivity contribution in [2.75, 3.05) is 0 Å². The van der Waals surface area contributed by atoms with E-state index in [9.17, 15) is 9.59 Å². The number of carbonyl (C=O) groups excluding carboxylic acids is 2. The second kappa shape index (κ2) is 11.9. The molecule has 0 aliphatic rings. The summed E-state index contributed by atoms with van der Waals surface area (Å²) in [4.78, 5) is 28.6. The van der Waals surface area contributed by atoms with Crippen LogP contribution in [-0.4, -0.2) is 28.8 Å². The summed E-state index contributed by atoms with van der Waals surface area (Å²) in [6, 6.07) is 23.6. The maximum absolute atomic E-state index is 13.6. The zero-order valence-corrected chi connectivity index (χ0v) is 20.3. The first kappa shape index (κ1) is 24.8. The van der Waals surface area contributed by atoms with Crippen molar-refractivity contribution in [1.82, 2.24) is 10.2 Å². The number of nitrogens with zero attached hydrogens (tertiary/aromatic N) is 1. The van der Waals surface area contributed by atoms with Gasteiger partial charge in [0.1, 0.15) is 6.04 Å². The SMILES string of the molecule is CC(C)NC(=O)[C@@H](Cc1ccccc1)N(Cc1c(Cl)cccc1Cl)C(=O)Cc1ccccc1. The number of halogens is 2. The van der Waals surface area contributed by atoms with E-state index in [1.165, 1.54) is 0 Å². The number of benzene rings is 3. The maximum atomic E-state index is 13.6. The summed E-state index contributed by atoms with van der Waals surface area (Å²) in [7, 11) is 0. The van der Waals surface area contributed by atoms with Crippen LogP contribution in [-0.2, 0) is 29.0 Å². The summed E-state index contributed by atoms with van der Waals surface area (Å²) < 4.78 is 0. The van der Waals surface area contributed by atoms with Gasteiger partial charge in [-0.05, 0) is 37.1 Å². The first-order chi connectivity index (χ1) is 15.8. The Morgan fingerprint density at radius 1 is 0.818 bits per heavy atom. The lowest BCUT2D eigenvalue weighted by molar-refractivity contribution is -0.141. The Bertz CT molecular complexity index is 1050. The van der Waals surface area contributed by atoms with Gasteiger partial charge in [0, 0.05) is 34.6 Å². The van der Waals surface area contributed by atoms with Crippen molar-refractivity contribution in [2.45, 2.75) is 45.3 Å². The van der Waals surface area contributed by atoms with Gasteiger partial charge in [-0.2, -0.15) is 0 Å². The molecule has 0 fully saturated rings. The van der Waals surface area contributed by atoms with Gasteiger partial charge in [-0.1, -0.05) is 89.9 Å². The van der Waals surface area contributed by atoms with Crippen molar-refractivity contribution in [2.24, 2.45) is 0 Å². The topological polar surface area (TPSA) is 49.4 Å². The maximum Gasteiger partial charge on any atom is 0.243 e. The number of carbonyl (C=O) groups is 2. The molecule has 3 aromatic rings. The lowest BCUT2D eigenvalue weighted by Gasteiger charge is -2.32. The minimum atomic E-state index is -0.724. The molecule has 0 unspecified atom stereocenters. The van der Waals surface area contributed by atoms with Crippen LogP contribution >= 0.6 is 23.2 Å². The van der Waals surface area contributed by atoms with E-state index in [2.05, 4.69) is 5.32 Å². The van der Waals surface area contributed by atoms with Crippen molar-refractivity contribution in [1.29, 1.82) is 0 Å². The fraction of sp³-hybridized carbons (Fsp3) is 0.259. The van der Waals surface area contributed by atoms with Crippen LogP contribution in [0.3, 0.4) is 0 Å². The van der Waals surface area contributed by atoms with Crippen LogP contribution in [0.25, 0.3) is 0 Å². The largest absolute Gasteiger partial charge is 0.352 e. The van der Waals surface area contributed by atoms with Crippen LogP contribution in [0.1, 0.15) is 30.5 Å². The van der Waals surface area contributed by atoms with Gasteiger partial charge in [0.25, 0.3) is 0 Å². The van der Waals surface area contributed by atoms with Crippen molar-refractivity contribution in [3.8, 4) is 0 Å². The molecule has 0 radical (unpaired) electrons. The lowest BCUT2D eigenvalue weighted by atomic mass is 10.0. The summed E-state index contributed by atoms with van der Waals surface area (Å²) in [5, 5.41) is 3.90. The van der Waals surface area contributed by atoms with E-state index < -0.39 is 6.04 Å². The standard InChI is InChI=1S/C27H28Cl2N2O2/c1-19(2)30-27(33)25(16-20-10-5-3-6-11-20)31(18-22-23(28)14-9-15-24(22)29)26(32)17-21-12-7-4-8-13-21/h3-15,19,25H,16-18H2,1-2H3,(H,30,33)/t25-/m1/s1. The highest BCUT2D eigenvalue weighted by Gasteiger charge is 2.31. The van der Waals surface area contributed by atoms with Gasteiger partial charge in [-0.15, -0.1) is 0 Å². The minimum absolute atomic E-state index is 0.0641. The second-order valence-corrected chi connectivity index (χ2v) is 9.07. The van der Waals surface area contributed by atoms with E-state index in [4.69, 9.17) is 23.2 Å². The number of rotatable bonds is 9. The molecule has 2 amide bonds. The van der Waals surface area contributed by atoms with Gasteiger partial charge >= 0.3 is 0 Å². The fourth-order valence-electron chi connectivity index (χ4n) is 3.66. The van der Waals surface area contributed by atoms with E-state index in [1.54, 1.807) is 23.1 Å². The molecule has 172 valence electrons. The molecule has 33 heavy (non-hydrogen) atoms. The highest BCUT2D eigenvalue weighted by molar-refractivity contribution is 6.36. The Morgan fingerprint density at radius 3 is 1.91 bits per heavy atom. The average Bonchev–Trinajstić information content (AvgIpc) is 2.78. The zero-order chi connectivity index (χ0) is 23.8. The molecule has 0 saturated heterocycles. The Labute approximate surface area is 205 Å². The van der Waals surface area contributed by atoms with Crippen LogP contribution in [0.5, 0.6) is 0 Å². The molecular weight excluding hydrogens is 455 g/mol. The molecule has 3 aromatic carbocycles. The molecule has 4 nitrogen and oxygen atoms in total. The summed E-state index contributed by atoms with van der Waals surface area (Å²) in [5.41, 5.74) is 2.46. The first-order valence-electron chi connectivity index (χ1n) is 11.0. The predicted molar refractivity (Wildman–Crippen MR) is 134 cm³/mol. The summed E-state index contributed by atoms with van der Waals surface area (Å²) in [6.07, 6.45) is 0.547. The van der Waals surface area contributed by atoms with Gasteiger partial charge < -0.3 is 10.2 Å². The molecule has 0 saturated carbocycles. The third-order valence-electron chi connectivity index (χ3n) is 5.29. The average molecular weight is 483 g/mol. The monoisotopic (exact) mass is 482 g/mol. The van der Waals surface area contributed by atoms with Gasteiger partial charge in [-0.3, -0.25) is 9.59 Å². The Balaban J connectivity index is 2.01. The van der Waals surface area contributed by atoms with Crippen molar-refractivity contribution in [3.63, 3.8) is 0 Å².